The minimum atomic E-state index is -2.62. The number of rotatable bonds is 2. The van der Waals surface area contributed by atoms with Gasteiger partial charge in [-0.1, -0.05) is 6.07 Å². The van der Waals surface area contributed by atoms with Crippen LogP contribution in [0, 0.1) is 0 Å². The molecule has 1 aromatic rings. The van der Waals surface area contributed by atoms with E-state index in [-0.39, 0.29) is 6.42 Å². The van der Waals surface area contributed by atoms with E-state index in [0.29, 0.717) is 18.9 Å². The molecule has 2 heterocycles. The molecule has 92 valence electrons. The second-order valence-electron chi connectivity index (χ2n) is 4.76. The van der Waals surface area contributed by atoms with Crippen LogP contribution in [0.4, 0.5) is 8.78 Å². The number of ether oxygens (including phenoxy) is 2. The number of hydrogen-bond donors (Lipinski definition) is 0. The molecule has 1 aliphatic carbocycles. The molecule has 0 radical (unpaired) electrons. The molecule has 1 saturated carbocycles. The Hall–Kier alpha value is -1.07. The molecule has 5 heteroatoms. The van der Waals surface area contributed by atoms with Crippen molar-refractivity contribution in [1.29, 1.82) is 0 Å². The van der Waals surface area contributed by atoms with Gasteiger partial charge < -0.3 is 9.47 Å². The van der Waals surface area contributed by atoms with Gasteiger partial charge in [-0.05, 0) is 13.0 Å². The number of alkyl halides is 2. The third-order valence-corrected chi connectivity index (χ3v) is 3.50. The average Bonchev–Trinajstić information content (AvgIpc) is 2.75. The van der Waals surface area contributed by atoms with Crippen molar-refractivity contribution in [3.63, 3.8) is 0 Å². The minimum absolute atomic E-state index is 0.122. The molecule has 2 fully saturated rings. The minimum Gasteiger partial charge on any atom is -0.346 e. The molecule has 0 aromatic carbocycles. The lowest BCUT2D eigenvalue weighted by molar-refractivity contribution is -0.0443. The lowest BCUT2D eigenvalue weighted by atomic mass is 10.0. The van der Waals surface area contributed by atoms with Crippen LogP contribution < -0.4 is 0 Å². The predicted octanol–water partition coefficient (Wildman–Crippen LogP) is 2.42. The van der Waals surface area contributed by atoms with Gasteiger partial charge in [0.25, 0.3) is 5.92 Å². The molecule has 0 N–H and O–H groups in total. The summed E-state index contributed by atoms with van der Waals surface area (Å²) in [6, 6.07) is 3.39. The smallest absolute Gasteiger partial charge is 0.260 e. The van der Waals surface area contributed by atoms with Crippen molar-refractivity contribution in [2.45, 2.75) is 31.0 Å². The van der Waals surface area contributed by atoms with E-state index in [1.54, 1.807) is 18.3 Å². The van der Waals surface area contributed by atoms with E-state index in [1.807, 2.05) is 0 Å². The third-order valence-electron chi connectivity index (χ3n) is 3.50. The summed E-state index contributed by atoms with van der Waals surface area (Å²) in [5.74, 6) is -2.62. The van der Waals surface area contributed by atoms with Crippen molar-refractivity contribution in [2.24, 2.45) is 0 Å². The highest BCUT2D eigenvalue weighted by Gasteiger charge is 2.69. The van der Waals surface area contributed by atoms with E-state index in [4.69, 9.17) is 9.47 Å². The Balaban J connectivity index is 1.81. The highest BCUT2D eigenvalue weighted by Crippen LogP contribution is 2.60. The molecule has 1 aliphatic heterocycles. The van der Waals surface area contributed by atoms with Crippen LogP contribution in [-0.4, -0.2) is 24.1 Å². The van der Waals surface area contributed by atoms with E-state index in [0.717, 1.165) is 5.56 Å². The Labute approximate surface area is 97.8 Å². The molecule has 3 nitrogen and oxygen atoms in total. The molecule has 1 aromatic heterocycles. The monoisotopic (exact) mass is 241 g/mol. The summed E-state index contributed by atoms with van der Waals surface area (Å²) in [7, 11) is 0. The number of aromatic nitrogens is 1. The highest BCUT2D eigenvalue weighted by molar-refractivity contribution is 5.32. The first kappa shape index (κ1) is 11.0. The molecule has 0 amide bonds. The fourth-order valence-corrected chi connectivity index (χ4v) is 2.10. The Morgan fingerprint density at radius 3 is 2.41 bits per heavy atom. The molecule has 0 spiro atoms. The van der Waals surface area contributed by atoms with Crippen LogP contribution in [0.3, 0.4) is 0 Å². The van der Waals surface area contributed by atoms with Gasteiger partial charge >= 0.3 is 0 Å². The van der Waals surface area contributed by atoms with Gasteiger partial charge in [-0.15, -0.1) is 0 Å². The zero-order valence-electron chi connectivity index (χ0n) is 9.45. The molecule has 1 atom stereocenters. The average molecular weight is 241 g/mol. The summed E-state index contributed by atoms with van der Waals surface area (Å²) in [5.41, 5.74) is 0.117. The first-order chi connectivity index (χ1) is 8.03. The maximum Gasteiger partial charge on any atom is 0.260 e. The van der Waals surface area contributed by atoms with Crippen LogP contribution in [-0.2, 0) is 14.9 Å². The zero-order chi connectivity index (χ0) is 12.1. The largest absolute Gasteiger partial charge is 0.346 e. The van der Waals surface area contributed by atoms with Gasteiger partial charge in [0.05, 0.1) is 24.3 Å². The van der Waals surface area contributed by atoms with E-state index in [1.165, 1.54) is 6.92 Å². The van der Waals surface area contributed by atoms with Crippen LogP contribution in [0.2, 0.25) is 0 Å². The van der Waals surface area contributed by atoms with Crippen molar-refractivity contribution in [3.8, 4) is 0 Å². The third kappa shape index (κ3) is 1.65. The van der Waals surface area contributed by atoms with Crippen LogP contribution in [0.1, 0.15) is 30.9 Å². The summed E-state index contributed by atoms with van der Waals surface area (Å²) >= 11 is 0. The first-order valence-electron chi connectivity index (χ1n) is 5.60. The number of halogens is 2. The number of nitrogens with zero attached hydrogens (tertiary/aromatic N) is 1. The quantitative estimate of drug-likeness (QED) is 0.796. The second-order valence-corrected chi connectivity index (χ2v) is 4.76. The standard InChI is InChI=1S/C12H13F2NO2/c1-11(7-12(11,13)14)9-3-2-8(6-15-9)10-16-4-5-17-10/h2-3,6,10H,4-5,7H2,1H3/t11-/m1/s1. The van der Waals surface area contributed by atoms with E-state index in [2.05, 4.69) is 4.98 Å². The van der Waals surface area contributed by atoms with Gasteiger partial charge in [-0.2, -0.15) is 0 Å². The van der Waals surface area contributed by atoms with Crippen molar-refractivity contribution in [3.05, 3.63) is 29.6 Å². The Bertz CT molecular complexity index is 429. The normalized spacial score (nSPS) is 31.7. The van der Waals surface area contributed by atoms with Gasteiger partial charge in [0, 0.05) is 18.2 Å². The van der Waals surface area contributed by atoms with Crippen molar-refractivity contribution in [1.82, 2.24) is 4.98 Å². The molecule has 3 rings (SSSR count). The van der Waals surface area contributed by atoms with Crippen molar-refractivity contribution >= 4 is 0 Å². The molecule has 2 aliphatic rings. The van der Waals surface area contributed by atoms with Gasteiger partial charge in [0.15, 0.2) is 6.29 Å². The number of hydrogen-bond acceptors (Lipinski definition) is 3. The van der Waals surface area contributed by atoms with E-state index < -0.39 is 17.6 Å². The van der Waals surface area contributed by atoms with Gasteiger partial charge in [-0.3, -0.25) is 4.98 Å². The fraction of sp³-hybridized carbons (Fsp3) is 0.583. The number of pyridine rings is 1. The van der Waals surface area contributed by atoms with Crippen molar-refractivity contribution in [2.75, 3.05) is 13.2 Å². The molecular formula is C12H13F2NO2. The topological polar surface area (TPSA) is 31.4 Å². The van der Waals surface area contributed by atoms with Gasteiger partial charge in [0.1, 0.15) is 0 Å². The van der Waals surface area contributed by atoms with Gasteiger partial charge in [0.2, 0.25) is 0 Å². The summed E-state index contributed by atoms with van der Waals surface area (Å²) in [5, 5.41) is 0. The van der Waals surface area contributed by atoms with E-state index in [9.17, 15) is 8.78 Å². The summed E-state index contributed by atoms with van der Waals surface area (Å²) in [6.07, 6.45) is 1.04. The molecule has 0 bridgehead atoms. The van der Waals surface area contributed by atoms with Crippen LogP contribution in [0.5, 0.6) is 0 Å². The maximum atomic E-state index is 13.2. The van der Waals surface area contributed by atoms with Gasteiger partial charge in [-0.25, -0.2) is 8.78 Å². The zero-order valence-corrected chi connectivity index (χ0v) is 9.45. The summed E-state index contributed by atoms with van der Waals surface area (Å²) in [6.45, 7) is 2.65. The van der Waals surface area contributed by atoms with Crippen LogP contribution in [0.15, 0.2) is 18.3 Å². The maximum absolute atomic E-state index is 13.2. The first-order valence-corrected chi connectivity index (χ1v) is 5.60. The Morgan fingerprint density at radius 2 is 1.94 bits per heavy atom. The summed E-state index contributed by atoms with van der Waals surface area (Å²) < 4.78 is 37.0. The fourth-order valence-electron chi connectivity index (χ4n) is 2.10. The SMILES string of the molecule is C[C@]1(c2ccc(C3OCCO3)cn2)CC1(F)F. The molecular weight excluding hydrogens is 228 g/mol. The van der Waals surface area contributed by atoms with E-state index >= 15 is 0 Å². The second kappa shape index (κ2) is 3.46. The molecule has 1 saturated heterocycles. The molecule has 17 heavy (non-hydrogen) atoms. The lowest BCUT2D eigenvalue weighted by Gasteiger charge is -2.12. The van der Waals surface area contributed by atoms with Crippen LogP contribution in [0.25, 0.3) is 0 Å². The highest BCUT2D eigenvalue weighted by atomic mass is 19.3. The Kier molecular flexibility index (Phi) is 2.25. The lowest BCUT2D eigenvalue weighted by Crippen LogP contribution is -2.14. The predicted molar refractivity (Wildman–Crippen MR) is 55.8 cm³/mol. The van der Waals surface area contributed by atoms with Crippen LogP contribution >= 0.6 is 0 Å². The Morgan fingerprint density at radius 1 is 1.29 bits per heavy atom. The molecule has 0 unspecified atom stereocenters. The van der Waals surface area contributed by atoms with Crippen molar-refractivity contribution < 1.29 is 18.3 Å². The summed E-state index contributed by atoms with van der Waals surface area (Å²) in [4.78, 5) is 4.11.